The molecule has 2 aromatic rings. The molecule has 0 aromatic carbocycles. The summed E-state index contributed by atoms with van der Waals surface area (Å²) >= 11 is 1.18. The highest BCUT2D eigenvalue weighted by Crippen LogP contribution is 2.20. The highest BCUT2D eigenvalue weighted by Gasteiger charge is 2.17. The fraction of sp³-hybridized carbons (Fsp3) is 0.364. The SMILES string of the molecule is CCCNc1cc(S(=O)(=O)Nc2nnc(C)s2)ccn1. The van der Waals surface area contributed by atoms with Crippen molar-refractivity contribution in [2.45, 2.75) is 25.2 Å². The van der Waals surface area contributed by atoms with E-state index < -0.39 is 10.0 Å². The number of rotatable bonds is 6. The standard InChI is InChI=1S/C11H15N5O2S2/c1-3-5-12-10-7-9(4-6-13-10)20(17,18)16-11-15-14-8(2)19-11/h4,6-7H,3,5H2,1-2H3,(H,12,13)(H,15,16). The van der Waals surface area contributed by atoms with E-state index in [0.717, 1.165) is 13.0 Å². The molecule has 2 aromatic heterocycles. The van der Waals surface area contributed by atoms with Gasteiger partial charge in [-0.1, -0.05) is 18.3 Å². The fourth-order valence-electron chi connectivity index (χ4n) is 1.44. The van der Waals surface area contributed by atoms with Crippen LogP contribution in [-0.2, 0) is 10.0 Å². The first-order valence-corrected chi connectivity index (χ1v) is 8.34. The second-order valence-corrected chi connectivity index (χ2v) is 6.90. The predicted octanol–water partition coefficient (Wildman–Crippen LogP) is 1.86. The van der Waals surface area contributed by atoms with E-state index in [0.29, 0.717) is 10.8 Å². The summed E-state index contributed by atoms with van der Waals surface area (Å²) in [5, 5.41) is 11.5. The third-order valence-corrected chi connectivity index (χ3v) is 4.57. The second-order valence-electron chi connectivity index (χ2n) is 4.04. The molecule has 20 heavy (non-hydrogen) atoms. The van der Waals surface area contributed by atoms with Gasteiger partial charge in [0.1, 0.15) is 10.8 Å². The van der Waals surface area contributed by atoms with Crippen molar-refractivity contribution < 1.29 is 8.42 Å². The summed E-state index contributed by atoms with van der Waals surface area (Å²) in [6, 6.07) is 2.93. The lowest BCUT2D eigenvalue weighted by molar-refractivity contribution is 0.601. The molecule has 0 aliphatic heterocycles. The Hall–Kier alpha value is -1.74. The highest BCUT2D eigenvalue weighted by atomic mass is 32.2. The molecule has 0 saturated carbocycles. The quantitative estimate of drug-likeness (QED) is 0.845. The van der Waals surface area contributed by atoms with Gasteiger partial charge in [-0.3, -0.25) is 4.72 Å². The zero-order valence-electron chi connectivity index (χ0n) is 11.1. The summed E-state index contributed by atoms with van der Waals surface area (Å²) in [5.41, 5.74) is 0. The maximum atomic E-state index is 12.2. The van der Waals surface area contributed by atoms with Gasteiger partial charge in [0.15, 0.2) is 0 Å². The lowest BCUT2D eigenvalue weighted by Crippen LogP contribution is -2.13. The molecule has 9 heteroatoms. The fourth-order valence-corrected chi connectivity index (χ4v) is 3.27. The molecule has 0 spiro atoms. The third kappa shape index (κ3) is 3.64. The number of nitrogens with zero attached hydrogens (tertiary/aromatic N) is 3. The monoisotopic (exact) mass is 313 g/mol. The predicted molar refractivity (Wildman–Crippen MR) is 78.5 cm³/mol. The molecule has 7 nitrogen and oxygen atoms in total. The zero-order valence-corrected chi connectivity index (χ0v) is 12.8. The molecule has 2 heterocycles. The van der Waals surface area contributed by atoms with Crippen LogP contribution in [-0.4, -0.2) is 30.1 Å². The lowest BCUT2D eigenvalue weighted by Gasteiger charge is -2.07. The van der Waals surface area contributed by atoms with Crippen LogP contribution in [0, 0.1) is 6.92 Å². The Morgan fingerprint density at radius 1 is 1.35 bits per heavy atom. The van der Waals surface area contributed by atoms with Gasteiger partial charge in [-0.2, -0.15) is 0 Å². The Balaban J connectivity index is 2.20. The van der Waals surface area contributed by atoms with Crippen molar-refractivity contribution in [3.05, 3.63) is 23.3 Å². The van der Waals surface area contributed by atoms with Gasteiger partial charge < -0.3 is 5.32 Å². The maximum absolute atomic E-state index is 12.2. The third-order valence-electron chi connectivity index (χ3n) is 2.35. The van der Waals surface area contributed by atoms with Crippen LogP contribution in [0.3, 0.4) is 0 Å². The molecule has 2 N–H and O–H groups in total. The van der Waals surface area contributed by atoms with E-state index in [9.17, 15) is 8.42 Å². The van der Waals surface area contributed by atoms with Gasteiger partial charge in [0, 0.05) is 18.8 Å². The van der Waals surface area contributed by atoms with Crippen molar-refractivity contribution in [1.29, 1.82) is 0 Å². The van der Waals surface area contributed by atoms with Crippen LogP contribution in [0.4, 0.5) is 10.9 Å². The van der Waals surface area contributed by atoms with Crippen LogP contribution in [0.2, 0.25) is 0 Å². The van der Waals surface area contributed by atoms with Gasteiger partial charge >= 0.3 is 0 Å². The minimum absolute atomic E-state index is 0.138. The normalized spacial score (nSPS) is 11.3. The summed E-state index contributed by atoms with van der Waals surface area (Å²) in [4.78, 5) is 4.21. The molecule has 0 saturated heterocycles. The largest absolute Gasteiger partial charge is 0.370 e. The van der Waals surface area contributed by atoms with Gasteiger partial charge in [0.2, 0.25) is 5.13 Å². The summed E-state index contributed by atoms with van der Waals surface area (Å²) in [7, 11) is -3.67. The number of sulfonamides is 1. The van der Waals surface area contributed by atoms with Crippen LogP contribution >= 0.6 is 11.3 Å². The van der Waals surface area contributed by atoms with E-state index in [1.165, 1.54) is 29.7 Å². The molecule has 2 rings (SSSR count). The topological polar surface area (TPSA) is 96.9 Å². The van der Waals surface area contributed by atoms with Crippen LogP contribution in [0.25, 0.3) is 0 Å². The molecule has 0 fully saturated rings. The Kier molecular flexibility index (Phi) is 4.50. The number of nitrogens with one attached hydrogen (secondary N) is 2. The molecule has 0 amide bonds. The van der Waals surface area contributed by atoms with Crippen molar-refractivity contribution >= 4 is 32.3 Å². The first-order valence-electron chi connectivity index (χ1n) is 6.04. The molecule has 108 valence electrons. The molecule has 0 aliphatic carbocycles. The van der Waals surface area contributed by atoms with E-state index in [4.69, 9.17) is 0 Å². The van der Waals surface area contributed by atoms with Crippen LogP contribution < -0.4 is 10.0 Å². The smallest absolute Gasteiger partial charge is 0.263 e. The Labute approximate surface area is 121 Å². The van der Waals surface area contributed by atoms with Crippen molar-refractivity contribution in [3.8, 4) is 0 Å². The Morgan fingerprint density at radius 3 is 2.80 bits per heavy atom. The minimum atomic E-state index is -3.67. The van der Waals surface area contributed by atoms with Crippen LogP contribution in [0.1, 0.15) is 18.4 Å². The molecule has 0 aliphatic rings. The number of pyridine rings is 1. The molecular formula is C11H15N5O2S2. The molecule has 0 atom stereocenters. The van der Waals surface area contributed by atoms with E-state index in [-0.39, 0.29) is 10.0 Å². The zero-order chi connectivity index (χ0) is 14.6. The molecule has 0 radical (unpaired) electrons. The molecular weight excluding hydrogens is 298 g/mol. The molecule has 0 unspecified atom stereocenters. The number of hydrogen-bond acceptors (Lipinski definition) is 7. The number of aryl methyl sites for hydroxylation is 1. The Morgan fingerprint density at radius 2 is 2.15 bits per heavy atom. The summed E-state index contributed by atoms with van der Waals surface area (Å²) in [6.07, 6.45) is 2.39. The van der Waals surface area contributed by atoms with Gasteiger partial charge in [0.25, 0.3) is 10.0 Å². The van der Waals surface area contributed by atoms with E-state index in [1.807, 2.05) is 6.92 Å². The maximum Gasteiger partial charge on any atom is 0.263 e. The number of aromatic nitrogens is 3. The first-order chi connectivity index (χ1) is 9.51. The average Bonchev–Trinajstić information content (AvgIpc) is 2.81. The van der Waals surface area contributed by atoms with Crippen molar-refractivity contribution in [3.63, 3.8) is 0 Å². The number of anilines is 2. The van der Waals surface area contributed by atoms with Gasteiger partial charge in [-0.15, -0.1) is 10.2 Å². The minimum Gasteiger partial charge on any atom is -0.370 e. The summed E-state index contributed by atoms with van der Waals surface area (Å²) < 4.78 is 26.8. The van der Waals surface area contributed by atoms with Crippen molar-refractivity contribution in [2.24, 2.45) is 0 Å². The first kappa shape index (κ1) is 14.7. The van der Waals surface area contributed by atoms with Gasteiger partial charge in [-0.05, 0) is 19.4 Å². The van der Waals surface area contributed by atoms with Crippen molar-refractivity contribution in [2.75, 3.05) is 16.6 Å². The van der Waals surface area contributed by atoms with Gasteiger partial charge in [0.05, 0.1) is 4.90 Å². The average molecular weight is 313 g/mol. The summed E-state index contributed by atoms with van der Waals surface area (Å²) in [6.45, 7) is 4.52. The van der Waals surface area contributed by atoms with Crippen LogP contribution in [0.15, 0.2) is 23.2 Å². The highest BCUT2D eigenvalue weighted by molar-refractivity contribution is 7.93. The van der Waals surface area contributed by atoms with Crippen LogP contribution in [0.5, 0.6) is 0 Å². The van der Waals surface area contributed by atoms with E-state index in [2.05, 4.69) is 25.2 Å². The molecule has 0 bridgehead atoms. The number of hydrogen-bond donors (Lipinski definition) is 2. The Bertz CT molecular complexity index is 684. The second kappa shape index (κ2) is 6.14. The van der Waals surface area contributed by atoms with E-state index in [1.54, 1.807) is 6.92 Å². The summed E-state index contributed by atoms with van der Waals surface area (Å²) in [5.74, 6) is 0.531. The van der Waals surface area contributed by atoms with Gasteiger partial charge in [-0.25, -0.2) is 13.4 Å². The van der Waals surface area contributed by atoms with Crippen molar-refractivity contribution in [1.82, 2.24) is 15.2 Å². The van der Waals surface area contributed by atoms with E-state index >= 15 is 0 Å². The lowest BCUT2D eigenvalue weighted by atomic mass is 10.4.